The number of aromatic nitrogens is 2. The number of hydrogen-bond donors (Lipinski definition) is 0. The molecule has 0 aliphatic heterocycles. The summed E-state index contributed by atoms with van der Waals surface area (Å²) < 4.78 is 8.77. The lowest BCUT2D eigenvalue weighted by Crippen LogP contribution is -1.94. The lowest BCUT2D eigenvalue weighted by Gasteiger charge is -2.15. The van der Waals surface area contributed by atoms with Crippen LogP contribution in [-0.4, -0.2) is 9.55 Å². The Kier molecular flexibility index (Phi) is 7.82. The molecule has 0 atom stereocenters. The second kappa shape index (κ2) is 12.9. The molecule has 0 saturated carbocycles. The first-order chi connectivity index (χ1) is 25.2. The third kappa shape index (κ3) is 5.43. The molecule has 0 aliphatic carbocycles. The van der Waals surface area contributed by atoms with Crippen LogP contribution in [-0.2, 0) is 12.8 Å². The number of aryl methyl sites for hydroxylation is 2. The van der Waals surface area contributed by atoms with Crippen molar-refractivity contribution in [1.29, 1.82) is 0 Å². The van der Waals surface area contributed by atoms with Crippen molar-refractivity contribution in [3.8, 4) is 50.5 Å². The van der Waals surface area contributed by atoms with Crippen molar-refractivity contribution in [1.82, 2.24) is 9.55 Å². The van der Waals surface area contributed by atoms with Gasteiger partial charge in [-0.2, -0.15) is 0 Å². The van der Waals surface area contributed by atoms with Crippen molar-refractivity contribution in [3.05, 3.63) is 169 Å². The zero-order valence-corrected chi connectivity index (χ0v) is 28.9. The molecule has 2 heterocycles. The van der Waals surface area contributed by atoms with Gasteiger partial charge in [0.1, 0.15) is 5.52 Å². The highest BCUT2D eigenvalue weighted by Gasteiger charge is 2.16. The molecule has 0 radical (unpaired) electrons. The minimum atomic E-state index is 0.671. The fourth-order valence-corrected chi connectivity index (χ4v) is 7.67. The van der Waals surface area contributed by atoms with Crippen molar-refractivity contribution >= 4 is 32.9 Å². The Labute approximate surface area is 298 Å². The molecule has 0 aliphatic rings. The van der Waals surface area contributed by atoms with E-state index in [-0.39, 0.29) is 0 Å². The molecular formula is C48H38N2O. The first-order valence-corrected chi connectivity index (χ1v) is 18.0. The van der Waals surface area contributed by atoms with Crippen LogP contribution in [0, 0.1) is 0 Å². The van der Waals surface area contributed by atoms with Gasteiger partial charge < -0.3 is 8.98 Å². The van der Waals surface area contributed by atoms with Gasteiger partial charge in [-0.25, -0.2) is 4.98 Å². The van der Waals surface area contributed by atoms with Gasteiger partial charge in [0.25, 0.3) is 0 Å². The number of hydrogen-bond acceptors (Lipinski definition) is 2. The molecule has 0 amide bonds. The Morgan fingerprint density at radius 1 is 0.529 bits per heavy atom. The smallest absolute Gasteiger partial charge is 0.227 e. The molecule has 0 N–H and O–H groups in total. The van der Waals surface area contributed by atoms with E-state index in [1.165, 1.54) is 60.8 Å². The highest BCUT2D eigenvalue weighted by atomic mass is 16.3. The first-order valence-electron chi connectivity index (χ1n) is 18.0. The van der Waals surface area contributed by atoms with Crippen LogP contribution in [0.3, 0.4) is 0 Å². The van der Waals surface area contributed by atoms with E-state index in [1.807, 2.05) is 0 Å². The summed E-state index contributed by atoms with van der Waals surface area (Å²) in [5.74, 6) is 0.671. The second-order valence-electron chi connectivity index (χ2n) is 13.3. The quantitative estimate of drug-likeness (QED) is 0.163. The van der Waals surface area contributed by atoms with Crippen molar-refractivity contribution in [2.24, 2.45) is 0 Å². The lowest BCUT2D eigenvalue weighted by atomic mass is 9.89. The normalized spacial score (nSPS) is 11.6. The summed E-state index contributed by atoms with van der Waals surface area (Å²) in [6.07, 6.45) is 3.05. The molecule has 0 fully saturated rings. The van der Waals surface area contributed by atoms with Gasteiger partial charge >= 0.3 is 0 Å². The van der Waals surface area contributed by atoms with Crippen molar-refractivity contribution in [2.45, 2.75) is 33.1 Å². The maximum Gasteiger partial charge on any atom is 0.227 e. The molecule has 0 bridgehead atoms. The molecule has 7 aromatic carbocycles. The van der Waals surface area contributed by atoms with Crippen LogP contribution in [0.1, 0.15) is 31.4 Å². The third-order valence-corrected chi connectivity index (χ3v) is 10.2. The SMILES string of the molecule is CCCc1cc(CC)cc2nc(-c3ccc(-c4ccccc4-c4ccccc4-c4ccc(-n5c6ccccc6c6ccccc65)cc4)cc3)oc12. The van der Waals surface area contributed by atoms with Gasteiger partial charge in [0.15, 0.2) is 5.58 Å². The number of nitrogens with zero attached hydrogens (tertiary/aromatic N) is 2. The van der Waals surface area contributed by atoms with Gasteiger partial charge in [-0.15, -0.1) is 0 Å². The van der Waals surface area contributed by atoms with Crippen molar-refractivity contribution in [2.75, 3.05) is 0 Å². The molecule has 0 saturated heterocycles. The van der Waals surface area contributed by atoms with Crippen LogP contribution < -0.4 is 0 Å². The van der Waals surface area contributed by atoms with Gasteiger partial charge in [0.2, 0.25) is 5.89 Å². The maximum absolute atomic E-state index is 6.40. The van der Waals surface area contributed by atoms with E-state index in [4.69, 9.17) is 9.40 Å². The molecule has 246 valence electrons. The van der Waals surface area contributed by atoms with Gasteiger partial charge in [-0.1, -0.05) is 136 Å². The molecule has 0 unspecified atom stereocenters. The van der Waals surface area contributed by atoms with Gasteiger partial charge in [0, 0.05) is 22.0 Å². The van der Waals surface area contributed by atoms with Crippen LogP contribution in [0.15, 0.2) is 162 Å². The molecule has 2 aromatic heterocycles. The lowest BCUT2D eigenvalue weighted by molar-refractivity contribution is 0.614. The summed E-state index contributed by atoms with van der Waals surface area (Å²) in [7, 11) is 0. The van der Waals surface area contributed by atoms with E-state index in [1.54, 1.807) is 0 Å². The minimum absolute atomic E-state index is 0.671. The van der Waals surface area contributed by atoms with Gasteiger partial charge in [0.05, 0.1) is 11.0 Å². The molecular weight excluding hydrogens is 621 g/mol. The maximum atomic E-state index is 6.40. The summed E-state index contributed by atoms with van der Waals surface area (Å²) in [5, 5.41) is 2.54. The number of para-hydroxylation sites is 2. The fraction of sp³-hybridized carbons (Fsp3) is 0.104. The average Bonchev–Trinajstić information content (AvgIpc) is 3.78. The summed E-state index contributed by atoms with van der Waals surface area (Å²) in [4.78, 5) is 4.93. The fourth-order valence-electron chi connectivity index (χ4n) is 7.67. The predicted octanol–water partition coefficient (Wildman–Crippen LogP) is 13.1. The summed E-state index contributed by atoms with van der Waals surface area (Å²) in [6.45, 7) is 4.40. The van der Waals surface area contributed by atoms with Crippen molar-refractivity contribution in [3.63, 3.8) is 0 Å². The molecule has 3 nitrogen and oxygen atoms in total. The number of fused-ring (bicyclic) bond motifs is 4. The van der Waals surface area contributed by atoms with Gasteiger partial charge in [-0.3, -0.25) is 0 Å². The topological polar surface area (TPSA) is 31.0 Å². The minimum Gasteiger partial charge on any atom is -0.436 e. The average molecular weight is 659 g/mol. The predicted molar refractivity (Wildman–Crippen MR) is 213 cm³/mol. The Morgan fingerprint density at radius 2 is 1.04 bits per heavy atom. The van der Waals surface area contributed by atoms with Crippen molar-refractivity contribution < 1.29 is 4.42 Å². The third-order valence-electron chi connectivity index (χ3n) is 10.2. The molecule has 3 heteroatoms. The molecule has 9 rings (SSSR count). The van der Waals surface area contributed by atoms with E-state index in [0.29, 0.717) is 5.89 Å². The van der Waals surface area contributed by atoms with Crippen LogP contribution >= 0.6 is 0 Å². The number of oxazole rings is 1. The largest absolute Gasteiger partial charge is 0.436 e. The van der Waals surface area contributed by atoms with E-state index >= 15 is 0 Å². The number of benzene rings is 7. The standard InChI is InChI=1S/C48H38N2O/c1-3-13-36-30-32(4-2)31-44-47(36)51-48(49-44)35-24-22-33(23-25-35)38-14-5-7-16-40(38)41-17-8-6-15-39(41)34-26-28-37(29-27-34)50-45-20-11-9-18-42(45)43-19-10-12-21-46(43)50/h5-12,14-31H,3-4,13H2,1-2H3. The Morgan fingerprint density at radius 3 is 1.61 bits per heavy atom. The summed E-state index contributed by atoms with van der Waals surface area (Å²) in [5.41, 5.74) is 16.1. The molecule has 51 heavy (non-hydrogen) atoms. The monoisotopic (exact) mass is 658 g/mol. The number of rotatable bonds is 8. The first kappa shape index (κ1) is 30.8. The molecule has 0 spiro atoms. The highest BCUT2D eigenvalue weighted by Crippen LogP contribution is 2.40. The van der Waals surface area contributed by atoms with Gasteiger partial charge in [-0.05, 0) is 99.8 Å². The van der Waals surface area contributed by atoms with Crippen LogP contribution in [0.4, 0.5) is 0 Å². The zero-order chi connectivity index (χ0) is 34.3. The van der Waals surface area contributed by atoms with E-state index in [9.17, 15) is 0 Å². The van der Waals surface area contributed by atoms with E-state index in [2.05, 4.69) is 176 Å². The Hall–Kier alpha value is -6.19. The summed E-state index contributed by atoms with van der Waals surface area (Å²) in [6, 6.07) is 56.9. The van der Waals surface area contributed by atoms with E-state index in [0.717, 1.165) is 47.2 Å². The van der Waals surface area contributed by atoms with Crippen LogP contribution in [0.2, 0.25) is 0 Å². The molecule has 9 aromatic rings. The van der Waals surface area contributed by atoms with E-state index < -0.39 is 0 Å². The van der Waals surface area contributed by atoms with Crippen LogP contribution in [0.5, 0.6) is 0 Å². The van der Waals surface area contributed by atoms with Crippen LogP contribution in [0.25, 0.3) is 83.4 Å². The highest BCUT2D eigenvalue weighted by molar-refractivity contribution is 6.09. The zero-order valence-electron chi connectivity index (χ0n) is 28.9. The second-order valence-corrected chi connectivity index (χ2v) is 13.3. The Bertz CT molecular complexity index is 2620. The Balaban J connectivity index is 1.07. The summed E-state index contributed by atoms with van der Waals surface area (Å²) >= 11 is 0.